The van der Waals surface area contributed by atoms with E-state index in [1.165, 1.54) is 47.7 Å². The Morgan fingerprint density at radius 1 is 1.08 bits per heavy atom. The number of piperazine rings is 1. The van der Waals surface area contributed by atoms with Crippen LogP contribution in [0.15, 0.2) is 53.0 Å². The number of hydrogen-bond donors (Lipinski definition) is 2. The van der Waals surface area contributed by atoms with Gasteiger partial charge in [0.25, 0.3) is 0 Å². The standard InChI is InChI=1S/C20H19BrN4S/c21-15-7-5-14(6-8-15)19-17(13-24-11-9-22-10-12-24)25-16-3-1-2-4-18(16)26-20(25)23-19/h1-8,22H,9-13H2/p+2. The molecule has 0 bridgehead atoms. The minimum Gasteiger partial charge on any atom is -0.337 e. The summed E-state index contributed by atoms with van der Waals surface area (Å²) >= 11 is 5.33. The van der Waals surface area contributed by atoms with Crippen molar-refractivity contribution in [3.05, 3.63) is 58.7 Å². The van der Waals surface area contributed by atoms with Crippen LogP contribution in [0, 0.1) is 0 Å². The molecule has 1 fully saturated rings. The highest BCUT2D eigenvalue weighted by Crippen LogP contribution is 2.33. The van der Waals surface area contributed by atoms with Gasteiger partial charge < -0.3 is 10.2 Å². The van der Waals surface area contributed by atoms with E-state index in [1.807, 2.05) is 0 Å². The van der Waals surface area contributed by atoms with Crippen LogP contribution in [0.5, 0.6) is 0 Å². The molecule has 5 rings (SSSR count). The third-order valence-electron chi connectivity index (χ3n) is 5.19. The number of thiazole rings is 1. The van der Waals surface area contributed by atoms with Crippen molar-refractivity contribution in [2.24, 2.45) is 0 Å². The number of para-hydroxylation sites is 1. The maximum atomic E-state index is 5.06. The van der Waals surface area contributed by atoms with Crippen LogP contribution in [0.3, 0.4) is 0 Å². The van der Waals surface area contributed by atoms with Crippen LogP contribution in [0.25, 0.3) is 26.4 Å². The summed E-state index contributed by atoms with van der Waals surface area (Å²) in [4.78, 5) is 7.81. The Hall–Kier alpha value is -1.73. The van der Waals surface area contributed by atoms with E-state index in [9.17, 15) is 0 Å². The molecule has 0 amide bonds. The molecule has 1 aliphatic rings. The molecule has 1 saturated heterocycles. The second-order valence-electron chi connectivity index (χ2n) is 6.89. The van der Waals surface area contributed by atoms with Crippen LogP contribution in [0.4, 0.5) is 0 Å². The summed E-state index contributed by atoms with van der Waals surface area (Å²) in [5, 5.41) is 2.42. The van der Waals surface area contributed by atoms with Gasteiger partial charge in [0.1, 0.15) is 38.4 Å². The average Bonchev–Trinajstić information content (AvgIpc) is 3.20. The highest BCUT2D eigenvalue weighted by atomic mass is 79.9. The van der Waals surface area contributed by atoms with Crippen molar-refractivity contribution in [3.63, 3.8) is 0 Å². The molecule has 0 saturated carbocycles. The van der Waals surface area contributed by atoms with E-state index in [4.69, 9.17) is 4.98 Å². The summed E-state index contributed by atoms with van der Waals surface area (Å²) in [7, 11) is 0. The van der Waals surface area contributed by atoms with Gasteiger partial charge in [0.15, 0.2) is 4.96 Å². The topological polar surface area (TPSA) is 38.4 Å². The predicted octanol–water partition coefficient (Wildman–Crippen LogP) is 1.94. The summed E-state index contributed by atoms with van der Waals surface area (Å²) in [6.45, 7) is 5.90. The van der Waals surface area contributed by atoms with E-state index in [2.05, 4.69) is 74.2 Å². The van der Waals surface area contributed by atoms with Crippen LogP contribution < -0.4 is 10.2 Å². The van der Waals surface area contributed by atoms with Gasteiger partial charge in [-0.05, 0) is 24.3 Å². The van der Waals surface area contributed by atoms with E-state index in [0.717, 1.165) is 21.7 Å². The van der Waals surface area contributed by atoms with Crippen LogP contribution in [0.1, 0.15) is 5.69 Å². The zero-order chi connectivity index (χ0) is 17.5. The summed E-state index contributed by atoms with van der Waals surface area (Å²) in [6.07, 6.45) is 0. The molecule has 6 heteroatoms. The maximum absolute atomic E-state index is 5.06. The third-order valence-corrected chi connectivity index (χ3v) is 6.74. The second-order valence-corrected chi connectivity index (χ2v) is 8.82. The van der Waals surface area contributed by atoms with Crippen LogP contribution in [0.2, 0.25) is 0 Å². The minimum atomic E-state index is 1.03. The number of hydrogen-bond acceptors (Lipinski definition) is 2. The van der Waals surface area contributed by atoms with E-state index in [-0.39, 0.29) is 0 Å². The highest BCUT2D eigenvalue weighted by molar-refractivity contribution is 9.10. The second kappa shape index (κ2) is 6.78. The number of benzene rings is 2. The summed E-state index contributed by atoms with van der Waals surface area (Å²) in [6, 6.07) is 17.2. The van der Waals surface area contributed by atoms with Crippen molar-refractivity contribution in [2.45, 2.75) is 6.54 Å². The minimum absolute atomic E-state index is 1.03. The first-order chi connectivity index (χ1) is 12.8. The molecule has 4 aromatic rings. The Kier molecular flexibility index (Phi) is 4.29. The van der Waals surface area contributed by atoms with Gasteiger partial charge in [-0.1, -0.05) is 51.5 Å². The molecule has 2 aromatic carbocycles. The van der Waals surface area contributed by atoms with Crippen LogP contribution in [-0.4, -0.2) is 35.6 Å². The van der Waals surface area contributed by atoms with E-state index in [0.29, 0.717) is 0 Å². The monoisotopic (exact) mass is 428 g/mol. The van der Waals surface area contributed by atoms with Gasteiger partial charge in [-0.2, -0.15) is 0 Å². The third kappa shape index (κ3) is 2.87. The summed E-state index contributed by atoms with van der Waals surface area (Å²) in [5.74, 6) is 0. The van der Waals surface area contributed by atoms with Gasteiger partial charge in [0.05, 0.1) is 15.9 Å². The molecule has 26 heavy (non-hydrogen) atoms. The van der Waals surface area contributed by atoms with Gasteiger partial charge >= 0.3 is 0 Å². The Morgan fingerprint density at radius 3 is 2.65 bits per heavy atom. The van der Waals surface area contributed by atoms with Crippen molar-refractivity contribution >= 4 is 42.4 Å². The summed E-state index contributed by atoms with van der Waals surface area (Å²) < 4.78 is 4.80. The summed E-state index contributed by atoms with van der Waals surface area (Å²) in [5.41, 5.74) is 4.96. The van der Waals surface area contributed by atoms with Gasteiger partial charge in [-0.15, -0.1) is 0 Å². The molecule has 1 aliphatic heterocycles. The zero-order valence-electron chi connectivity index (χ0n) is 14.4. The molecule has 0 atom stereocenters. The fraction of sp³-hybridized carbons (Fsp3) is 0.250. The van der Waals surface area contributed by atoms with E-state index >= 15 is 0 Å². The smallest absolute Gasteiger partial charge is 0.195 e. The molecule has 0 spiro atoms. The predicted molar refractivity (Wildman–Crippen MR) is 110 cm³/mol. The Morgan fingerprint density at radius 2 is 1.85 bits per heavy atom. The van der Waals surface area contributed by atoms with Gasteiger partial charge in [-0.25, -0.2) is 4.98 Å². The van der Waals surface area contributed by atoms with E-state index < -0.39 is 0 Å². The van der Waals surface area contributed by atoms with Crippen molar-refractivity contribution in [3.8, 4) is 11.3 Å². The Balaban J connectivity index is 1.70. The number of fused-ring (bicyclic) bond motifs is 3. The average molecular weight is 429 g/mol. The molecule has 0 aliphatic carbocycles. The van der Waals surface area contributed by atoms with Crippen LogP contribution in [-0.2, 0) is 6.54 Å². The first-order valence-corrected chi connectivity index (χ1v) is 10.7. The van der Waals surface area contributed by atoms with Gasteiger partial charge in [0.2, 0.25) is 0 Å². The zero-order valence-corrected chi connectivity index (χ0v) is 16.8. The fourth-order valence-corrected chi connectivity index (χ4v) is 5.18. The van der Waals surface area contributed by atoms with Crippen molar-refractivity contribution in [2.75, 3.05) is 26.2 Å². The number of halogens is 1. The molecule has 3 N–H and O–H groups in total. The number of nitrogens with one attached hydrogen (secondary N) is 1. The number of nitrogens with zero attached hydrogens (tertiary/aromatic N) is 2. The van der Waals surface area contributed by atoms with Crippen molar-refractivity contribution in [1.82, 2.24) is 9.38 Å². The lowest BCUT2D eigenvalue weighted by Crippen LogP contribution is -3.19. The lowest BCUT2D eigenvalue weighted by molar-refractivity contribution is -0.958. The molecular formula is C20H21BrN4S+2. The number of rotatable bonds is 3. The molecule has 3 heterocycles. The molecule has 132 valence electrons. The molecule has 0 radical (unpaired) electrons. The molecule has 0 unspecified atom stereocenters. The fourth-order valence-electron chi connectivity index (χ4n) is 3.87. The van der Waals surface area contributed by atoms with Crippen molar-refractivity contribution in [1.29, 1.82) is 0 Å². The van der Waals surface area contributed by atoms with Crippen LogP contribution >= 0.6 is 27.3 Å². The normalized spacial score (nSPS) is 15.9. The van der Waals surface area contributed by atoms with E-state index in [1.54, 1.807) is 16.2 Å². The number of nitrogens with two attached hydrogens (primary N) is 1. The Bertz CT molecular complexity index is 1060. The molecule has 4 nitrogen and oxygen atoms in total. The number of aromatic nitrogens is 2. The Labute approximate surface area is 164 Å². The lowest BCUT2D eigenvalue weighted by atomic mass is 10.1. The maximum Gasteiger partial charge on any atom is 0.195 e. The molecular weight excluding hydrogens is 408 g/mol. The SMILES string of the molecule is Brc1ccc(-c2nc3sc4ccccc4n3c2C[NH+]2CC[NH2+]CC2)cc1. The lowest BCUT2D eigenvalue weighted by Gasteiger charge is -2.22. The largest absolute Gasteiger partial charge is 0.337 e. The quantitative estimate of drug-likeness (QED) is 0.514. The highest BCUT2D eigenvalue weighted by Gasteiger charge is 2.24. The van der Waals surface area contributed by atoms with Gasteiger partial charge in [0, 0.05) is 10.0 Å². The van der Waals surface area contributed by atoms with Crippen molar-refractivity contribution < 1.29 is 10.2 Å². The van der Waals surface area contributed by atoms with Gasteiger partial charge in [-0.3, -0.25) is 4.40 Å². The number of quaternary nitrogens is 2. The molecule has 2 aromatic heterocycles. The first-order valence-electron chi connectivity index (χ1n) is 9.09. The number of imidazole rings is 1. The first kappa shape index (κ1) is 16.4.